The molecule has 0 bridgehead atoms. The topological polar surface area (TPSA) is 54.5 Å². The van der Waals surface area contributed by atoms with Crippen molar-refractivity contribution in [2.75, 3.05) is 23.4 Å². The Kier molecular flexibility index (Phi) is 4.06. The van der Waals surface area contributed by atoms with Crippen LogP contribution in [0.5, 0.6) is 5.75 Å². The molecule has 1 aromatic carbocycles. The molecule has 0 fully saturated rings. The quantitative estimate of drug-likeness (QED) is 0.943. The van der Waals surface area contributed by atoms with Crippen LogP contribution in [-0.4, -0.2) is 24.0 Å². The van der Waals surface area contributed by atoms with Crippen molar-refractivity contribution in [2.45, 2.75) is 19.9 Å². The van der Waals surface area contributed by atoms with E-state index in [-0.39, 0.29) is 5.91 Å². The maximum absolute atomic E-state index is 12.3. The van der Waals surface area contributed by atoms with E-state index in [1.54, 1.807) is 16.2 Å². The lowest BCUT2D eigenvalue weighted by Gasteiger charge is -2.20. The summed E-state index contributed by atoms with van der Waals surface area (Å²) in [5.41, 5.74) is 0.832. The van der Waals surface area contributed by atoms with Crippen LogP contribution in [0.4, 0.5) is 10.8 Å². The Morgan fingerprint density at radius 3 is 3.14 bits per heavy atom. The summed E-state index contributed by atoms with van der Waals surface area (Å²) < 4.78 is 5.64. The van der Waals surface area contributed by atoms with Crippen molar-refractivity contribution in [3.05, 3.63) is 35.3 Å². The second-order valence-electron chi connectivity index (χ2n) is 4.71. The third-order valence-electron chi connectivity index (χ3n) is 3.23. The molecule has 3 rings (SSSR count). The van der Waals surface area contributed by atoms with E-state index in [4.69, 9.17) is 4.74 Å². The standard InChI is InChI=1S/C15H17N3O2S/c1-2-16-15-17-9-11(21-15)10-18-12-5-3-4-6-13(12)20-8-7-14(18)19/h3-6,9H,2,7-8,10H2,1H3,(H,16,17). The summed E-state index contributed by atoms with van der Waals surface area (Å²) in [5.74, 6) is 0.845. The molecule has 0 radical (unpaired) electrons. The lowest BCUT2D eigenvalue weighted by Crippen LogP contribution is -2.29. The van der Waals surface area contributed by atoms with Gasteiger partial charge in [-0.2, -0.15) is 0 Å². The van der Waals surface area contributed by atoms with E-state index in [2.05, 4.69) is 10.3 Å². The molecule has 1 aliphatic heterocycles. The molecule has 1 aliphatic rings. The van der Waals surface area contributed by atoms with Gasteiger partial charge in [-0.05, 0) is 19.1 Å². The van der Waals surface area contributed by atoms with Crippen molar-refractivity contribution < 1.29 is 9.53 Å². The number of thiazole rings is 1. The van der Waals surface area contributed by atoms with Crippen molar-refractivity contribution in [1.82, 2.24) is 4.98 Å². The highest BCUT2D eigenvalue weighted by molar-refractivity contribution is 7.15. The third kappa shape index (κ3) is 3.00. The first kappa shape index (κ1) is 13.9. The minimum Gasteiger partial charge on any atom is -0.491 e. The third-order valence-corrected chi connectivity index (χ3v) is 4.17. The molecule has 1 amide bonds. The molecular weight excluding hydrogens is 286 g/mol. The van der Waals surface area contributed by atoms with Gasteiger partial charge in [0.05, 0.1) is 25.3 Å². The number of carbonyl (C=O) groups excluding carboxylic acids is 1. The number of carbonyl (C=O) groups is 1. The number of nitrogens with zero attached hydrogens (tertiary/aromatic N) is 2. The van der Waals surface area contributed by atoms with E-state index >= 15 is 0 Å². The summed E-state index contributed by atoms with van der Waals surface area (Å²) >= 11 is 1.58. The normalized spacial score (nSPS) is 14.3. The van der Waals surface area contributed by atoms with Gasteiger partial charge in [-0.25, -0.2) is 4.98 Å². The van der Waals surface area contributed by atoms with E-state index in [0.717, 1.165) is 28.0 Å². The molecule has 0 saturated heterocycles. The molecule has 0 saturated carbocycles. The average Bonchev–Trinajstić information content (AvgIpc) is 2.86. The number of aromatic nitrogens is 1. The van der Waals surface area contributed by atoms with Crippen LogP contribution < -0.4 is 15.0 Å². The summed E-state index contributed by atoms with van der Waals surface area (Å²) in [6, 6.07) is 7.66. The summed E-state index contributed by atoms with van der Waals surface area (Å²) in [6.07, 6.45) is 2.22. The van der Waals surface area contributed by atoms with E-state index in [1.165, 1.54) is 0 Å². The Labute approximate surface area is 127 Å². The van der Waals surface area contributed by atoms with Crippen LogP contribution in [0, 0.1) is 0 Å². The smallest absolute Gasteiger partial charge is 0.230 e. The molecule has 0 unspecified atom stereocenters. The summed E-state index contributed by atoms with van der Waals surface area (Å²) in [7, 11) is 0. The van der Waals surface area contributed by atoms with Crippen LogP contribution in [0.2, 0.25) is 0 Å². The molecule has 110 valence electrons. The highest BCUT2D eigenvalue weighted by Gasteiger charge is 2.23. The number of fused-ring (bicyclic) bond motifs is 1. The van der Waals surface area contributed by atoms with Gasteiger partial charge < -0.3 is 15.0 Å². The molecule has 0 aliphatic carbocycles. The van der Waals surface area contributed by atoms with Gasteiger partial charge in [-0.15, -0.1) is 11.3 Å². The Morgan fingerprint density at radius 2 is 2.29 bits per heavy atom. The first-order chi connectivity index (χ1) is 10.3. The van der Waals surface area contributed by atoms with E-state index in [1.807, 2.05) is 37.4 Å². The highest BCUT2D eigenvalue weighted by atomic mass is 32.1. The van der Waals surface area contributed by atoms with Crippen molar-refractivity contribution in [3.63, 3.8) is 0 Å². The van der Waals surface area contributed by atoms with Crippen LogP contribution >= 0.6 is 11.3 Å². The molecule has 2 aromatic rings. The van der Waals surface area contributed by atoms with Crippen molar-refractivity contribution in [2.24, 2.45) is 0 Å². The minimum atomic E-state index is 0.0818. The molecule has 1 N–H and O–H groups in total. The van der Waals surface area contributed by atoms with Crippen molar-refractivity contribution in [1.29, 1.82) is 0 Å². The number of rotatable bonds is 4. The second kappa shape index (κ2) is 6.13. The van der Waals surface area contributed by atoms with Crippen molar-refractivity contribution >= 4 is 28.1 Å². The number of benzene rings is 1. The van der Waals surface area contributed by atoms with Crippen molar-refractivity contribution in [3.8, 4) is 5.75 Å². The Hall–Kier alpha value is -2.08. The molecule has 0 spiro atoms. The number of amides is 1. The van der Waals surface area contributed by atoms with E-state index < -0.39 is 0 Å². The van der Waals surface area contributed by atoms with Crippen LogP contribution in [-0.2, 0) is 11.3 Å². The highest BCUT2D eigenvalue weighted by Crippen LogP contribution is 2.33. The lowest BCUT2D eigenvalue weighted by atomic mass is 10.2. The SMILES string of the molecule is CCNc1ncc(CN2C(=O)CCOc3ccccc32)s1. The summed E-state index contributed by atoms with van der Waals surface area (Å²) in [5, 5.41) is 4.08. The maximum atomic E-state index is 12.3. The predicted molar refractivity (Wildman–Crippen MR) is 84.0 cm³/mol. The van der Waals surface area contributed by atoms with Crippen LogP contribution in [0.1, 0.15) is 18.2 Å². The number of hydrogen-bond donors (Lipinski definition) is 1. The number of nitrogens with one attached hydrogen (secondary N) is 1. The Bertz CT molecular complexity index is 641. The fourth-order valence-corrected chi connectivity index (χ4v) is 3.13. The molecule has 6 heteroatoms. The summed E-state index contributed by atoms with van der Waals surface area (Å²) in [6.45, 7) is 3.83. The minimum absolute atomic E-state index is 0.0818. The first-order valence-corrected chi connectivity index (χ1v) is 7.80. The fraction of sp³-hybridized carbons (Fsp3) is 0.333. The molecule has 21 heavy (non-hydrogen) atoms. The molecular formula is C15H17N3O2S. The molecule has 0 atom stereocenters. The summed E-state index contributed by atoms with van der Waals surface area (Å²) in [4.78, 5) is 19.5. The van der Waals surface area contributed by atoms with Gasteiger partial charge in [0.2, 0.25) is 5.91 Å². The largest absolute Gasteiger partial charge is 0.491 e. The molecule has 1 aromatic heterocycles. The zero-order valence-electron chi connectivity index (χ0n) is 11.8. The Balaban J connectivity index is 1.86. The second-order valence-corrected chi connectivity index (χ2v) is 5.82. The van der Waals surface area contributed by atoms with Crippen LogP contribution in [0.25, 0.3) is 0 Å². The number of ether oxygens (including phenoxy) is 1. The Morgan fingerprint density at radius 1 is 1.43 bits per heavy atom. The maximum Gasteiger partial charge on any atom is 0.230 e. The van der Waals surface area contributed by atoms with Crippen LogP contribution in [0.3, 0.4) is 0 Å². The van der Waals surface area contributed by atoms with Gasteiger partial charge in [0, 0.05) is 17.6 Å². The first-order valence-electron chi connectivity index (χ1n) is 6.98. The van der Waals surface area contributed by atoms with Gasteiger partial charge in [-0.1, -0.05) is 12.1 Å². The van der Waals surface area contributed by atoms with Gasteiger partial charge in [0.25, 0.3) is 0 Å². The zero-order valence-corrected chi connectivity index (χ0v) is 12.7. The number of anilines is 2. The molecule has 5 nitrogen and oxygen atoms in total. The molecule has 2 heterocycles. The van der Waals surface area contributed by atoms with Gasteiger partial charge in [0.1, 0.15) is 5.75 Å². The van der Waals surface area contributed by atoms with Gasteiger partial charge in [-0.3, -0.25) is 4.79 Å². The monoisotopic (exact) mass is 303 g/mol. The lowest BCUT2D eigenvalue weighted by molar-refractivity contribution is -0.118. The zero-order chi connectivity index (χ0) is 14.7. The van der Waals surface area contributed by atoms with Gasteiger partial charge in [0.15, 0.2) is 5.13 Å². The number of para-hydroxylation sites is 2. The fourth-order valence-electron chi connectivity index (χ4n) is 2.26. The predicted octanol–water partition coefficient (Wildman–Crippen LogP) is 2.89. The number of hydrogen-bond acceptors (Lipinski definition) is 5. The van der Waals surface area contributed by atoms with Gasteiger partial charge >= 0.3 is 0 Å². The van der Waals surface area contributed by atoms with Crippen LogP contribution in [0.15, 0.2) is 30.5 Å². The van der Waals surface area contributed by atoms with E-state index in [0.29, 0.717) is 19.6 Å². The average molecular weight is 303 g/mol. The van der Waals surface area contributed by atoms with E-state index in [9.17, 15) is 4.79 Å².